The zero-order valence-electron chi connectivity index (χ0n) is 10.5. The molecule has 0 bridgehead atoms. The minimum atomic E-state index is -0.662. The quantitative estimate of drug-likeness (QED) is 0.782. The van der Waals surface area contributed by atoms with Gasteiger partial charge in [-0.2, -0.15) is 4.39 Å². The van der Waals surface area contributed by atoms with Crippen LogP contribution in [0.1, 0.15) is 31.1 Å². The molecular formula is C12H16FN3O2. The summed E-state index contributed by atoms with van der Waals surface area (Å²) in [7, 11) is 0. The zero-order chi connectivity index (χ0) is 13.7. The molecule has 0 aliphatic rings. The number of carbonyl (C=O) groups excluding carboxylic acids is 2. The first-order valence-electron chi connectivity index (χ1n) is 5.63. The van der Waals surface area contributed by atoms with Crippen molar-refractivity contribution in [2.75, 3.05) is 0 Å². The summed E-state index contributed by atoms with van der Waals surface area (Å²) in [5.41, 5.74) is 0.209. The topological polar surface area (TPSA) is 71.1 Å². The summed E-state index contributed by atoms with van der Waals surface area (Å²) < 4.78 is 12.6. The van der Waals surface area contributed by atoms with Crippen LogP contribution in [0.3, 0.4) is 0 Å². The summed E-state index contributed by atoms with van der Waals surface area (Å²) in [5.74, 6) is -1.39. The molecule has 2 amide bonds. The van der Waals surface area contributed by atoms with Crippen molar-refractivity contribution in [3.8, 4) is 0 Å². The maximum Gasteiger partial charge on any atom is 0.253 e. The van der Waals surface area contributed by atoms with Gasteiger partial charge in [0, 0.05) is 12.2 Å². The number of aromatic nitrogens is 1. The van der Waals surface area contributed by atoms with Crippen LogP contribution in [0, 0.1) is 5.95 Å². The summed E-state index contributed by atoms with van der Waals surface area (Å²) in [4.78, 5) is 26.6. The molecule has 6 heteroatoms. The Morgan fingerprint density at radius 1 is 1.22 bits per heavy atom. The number of hydrogen-bond donors (Lipinski definition) is 2. The van der Waals surface area contributed by atoms with Gasteiger partial charge >= 0.3 is 0 Å². The highest BCUT2D eigenvalue weighted by atomic mass is 19.1. The average Bonchev–Trinajstić information content (AvgIpc) is 2.28. The molecule has 1 aromatic heterocycles. The predicted octanol–water partition coefficient (Wildman–Crippen LogP) is 0.864. The first-order valence-corrected chi connectivity index (χ1v) is 5.63. The van der Waals surface area contributed by atoms with E-state index in [0.717, 1.165) is 12.3 Å². The van der Waals surface area contributed by atoms with Crippen LogP contribution in [-0.4, -0.2) is 28.9 Å². The standard InChI is InChI=1S/C12H16FN3O2/c1-7(2)15-11(17)8(3)16-12(18)9-4-5-10(13)14-6-9/h4-8H,1-3H3,(H,15,17)(H,16,18). The fourth-order valence-corrected chi connectivity index (χ4v) is 1.27. The van der Waals surface area contributed by atoms with E-state index < -0.39 is 17.9 Å². The van der Waals surface area contributed by atoms with E-state index in [9.17, 15) is 14.0 Å². The van der Waals surface area contributed by atoms with Crippen molar-refractivity contribution in [2.45, 2.75) is 32.9 Å². The van der Waals surface area contributed by atoms with Crippen molar-refractivity contribution in [2.24, 2.45) is 0 Å². The number of amides is 2. The number of rotatable bonds is 4. The molecule has 0 saturated heterocycles. The molecule has 1 rings (SSSR count). The van der Waals surface area contributed by atoms with Crippen molar-refractivity contribution < 1.29 is 14.0 Å². The Hall–Kier alpha value is -1.98. The molecule has 1 atom stereocenters. The molecule has 0 aromatic carbocycles. The molecule has 5 nitrogen and oxygen atoms in total. The smallest absolute Gasteiger partial charge is 0.253 e. The van der Waals surface area contributed by atoms with Gasteiger partial charge in [-0.1, -0.05) is 0 Å². The van der Waals surface area contributed by atoms with E-state index >= 15 is 0 Å². The molecule has 0 aliphatic heterocycles. The van der Waals surface area contributed by atoms with E-state index in [0.29, 0.717) is 0 Å². The van der Waals surface area contributed by atoms with Gasteiger partial charge in [0.1, 0.15) is 6.04 Å². The van der Waals surface area contributed by atoms with Gasteiger partial charge in [0.15, 0.2) is 0 Å². The van der Waals surface area contributed by atoms with E-state index in [-0.39, 0.29) is 17.5 Å². The van der Waals surface area contributed by atoms with Gasteiger partial charge in [-0.15, -0.1) is 0 Å². The van der Waals surface area contributed by atoms with E-state index in [4.69, 9.17) is 0 Å². The summed E-state index contributed by atoms with van der Waals surface area (Å²) in [6, 6.07) is 1.74. The summed E-state index contributed by atoms with van der Waals surface area (Å²) in [6.45, 7) is 5.24. The van der Waals surface area contributed by atoms with Crippen LogP contribution in [0.25, 0.3) is 0 Å². The first kappa shape index (κ1) is 14.1. The third-order valence-electron chi connectivity index (χ3n) is 2.16. The molecule has 1 aromatic rings. The first-order chi connectivity index (χ1) is 8.40. The molecule has 18 heavy (non-hydrogen) atoms. The predicted molar refractivity (Wildman–Crippen MR) is 64.4 cm³/mol. The molecule has 0 fully saturated rings. The van der Waals surface area contributed by atoms with E-state index in [2.05, 4.69) is 15.6 Å². The number of hydrogen-bond acceptors (Lipinski definition) is 3. The third kappa shape index (κ3) is 4.12. The van der Waals surface area contributed by atoms with Crippen LogP contribution in [0.5, 0.6) is 0 Å². The van der Waals surface area contributed by atoms with Crippen molar-refractivity contribution >= 4 is 11.8 Å². The molecule has 2 N–H and O–H groups in total. The fraction of sp³-hybridized carbons (Fsp3) is 0.417. The van der Waals surface area contributed by atoms with Crippen molar-refractivity contribution in [3.05, 3.63) is 29.8 Å². The number of halogens is 1. The Bertz CT molecular complexity index is 431. The SMILES string of the molecule is CC(C)NC(=O)C(C)NC(=O)c1ccc(F)nc1. The van der Waals surface area contributed by atoms with Crippen LogP contribution in [0.2, 0.25) is 0 Å². The lowest BCUT2D eigenvalue weighted by atomic mass is 10.2. The van der Waals surface area contributed by atoms with Gasteiger partial charge < -0.3 is 10.6 Å². The largest absolute Gasteiger partial charge is 0.352 e. The second kappa shape index (κ2) is 6.09. The van der Waals surface area contributed by atoms with Crippen LogP contribution >= 0.6 is 0 Å². The van der Waals surface area contributed by atoms with Gasteiger partial charge in [-0.3, -0.25) is 9.59 Å². The van der Waals surface area contributed by atoms with Gasteiger partial charge in [0.05, 0.1) is 5.56 Å². The van der Waals surface area contributed by atoms with E-state index in [1.165, 1.54) is 6.07 Å². The summed E-state index contributed by atoms with van der Waals surface area (Å²) in [6.07, 6.45) is 1.12. The number of nitrogens with one attached hydrogen (secondary N) is 2. The van der Waals surface area contributed by atoms with Crippen molar-refractivity contribution in [1.29, 1.82) is 0 Å². The molecular weight excluding hydrogens is 237 g/mol. The Balaban J connectivity index is 2.59. The third-order valence-corrected chi connectivity index (χ3v) is 2.16. The molecule has 0 spiro atoms. The lowest BCUT2D eigenvalue weighted by Gasteiger charge is -2.15. The van der Waals surface area contributed by atoms with Gasteiger partial charge in [0.25, 0.3) is 5.91 Å². The Morgan fingerprint density at radius 2 is 1.89 bits per heavy atom. The van der Waals surface area contributed by atoms with Gasteiger partial charge in [-0.05, 0) is 32.9 Å². The van der Waals surface area contributed by atoms with E-state index in [1.54, 1.807) is 6.92 Å². The molecule has 98 valence electrons. The summed E-state index contributed by atoms with van der Waals surface area (Å²) in [5, 5.41) is 5.19. The second-order valence-electron chi connectivity index (χ2n) is 4.23. The zero-order valence-corrected chi connectivity index (χ0v) is 10.5. The molecule has 1 heterocycles. The Morgan fingerprint density at radius 3 is 2.39 bits per heavy atom. The minimum absolute atomic E-state index is 0.00402. The van der Waals surface area contributed by atoms with Crippen molar-refractivity contribution in [1.82, 2.24) is 15.6 Å². The van der Waals surface area contributed by atoms with Gasteiger partial charge in [-0.25, -0.2) is 4.98 Å². The van der Waals surface area contributed by atoms with Crippen LogP contribution < -0.4 is 10.6 Å². The van der Waals surface area contributed by atoms with Gasteiger partial charge in [0.2, 0.25) is 11.9 Å². The highest BCUT2D eigenvalue weighted by molar-refractivity contribution is 5.97. The molecule has 0 radical (unpaired) electrons. The molecule has 1 unspecified atom stereocenters. The Labute approximate surface area is 105 Å². The monoisotopic (exact) mass is 253 g/mol. The number of nitrogens with zero attached hydrogens (tertiary/aromatic N) is 1. The van der Waals surface area contributed by atoms with Crippen LogP contribution in [0.15, 0.2) is 18.3 Å². The second-order valence-corrected chi connectivity index (χ2v) is 4.23. The lowest BCUT2D eigenvalue weighted by Crippen LogP contribution is -2.46. The molecule has 0 saturated carbocycles. The highest BCUT2D eigenvalue weighted by Gasteiger charge is 2.17. The normalized spacial score (nSPS) is 12.1. The maximum absolute atomic E-state index is 12.6. The average molecular weight is 253 g/mol. The minimum Gasteiger partial charge on any atom is -0.352 e. The maximum atomic E-state index is 12.6. The fourth-order valence-electron chi connectivity index (χ4n) is 1.27. The van der Waals surface area contributed by atoms with Crippen LogP contribution in [-0.2, 0) is 4.79 Å². The van der Waals surface area contributed by atoms with Crippen molar-refractivity contribution in [3.63, 3.8) is 0 Å². The van der Waals surface area contributed by atoms with E-state index in [1.807, 2.05) is 13.8 Å². The number of carbonyl (C=O) groups is 2. The number of pyridine rings is 1. The molecule has 0 aliphatic carbocycles. The summed E-state index contributed by atoms with van der Waals surface area (Å²) >= 11 is 0. The van der Waals surface area contributed by atoms with Crippen LogP contribution in [0.4, 0.5) is 4.39 Å². The lowest BCUT2D eigenvalue weighted by molar-refractivity contribution is -0.123. The highest BCUT2D eigenvalue weighted by Crippen LogP contribution is 1.99. The Kier molecular flexibility index (Phi) is 4.76.